The molecule has 5 heterocycles. The summed E-state index contributed by atoms with van der Waals surface area (Å²) in [4.78, 5) is 216. The molecule has 42 nitrogen and oxygen atoms in total. The number of hydrogen-bond acceptors (Lipinski definition) is 38. The number of hydroxylamine groups is 6. The fourth-order valence-electron chi connectivity index (χ4n) is 17.8. The average Bonchev–Trinajstić information content (AvgIpc) is 0.716. The van der Waals surface area contributed by atoms with E-state index in [0.717, 1.165) is 0 Å². The van der Waals surface area contributed by atoms with E-state index < -0.39 is 274 Å². The lowest BCUT2D eigenvalue weighted by molar-refractivity contribution is -0.249. The average molecular weight is 1820 g/mol. The highest BCUT2D eigenvalue weighted by Gasteiger charge is 2.55. The zero-order valence-corrected chi connectivity index (χ0v) is 71.2. The van der Waals surface area contributed by atoms with Crippen molar-refractivity contribution in [3.8, 4) is 34.5 Å². The fraction of sp³-hybridized carbons (Fsp3) is 0.500. The fourth-order valence-corrected chi connectivity index (χ4v) is 17.8. The zero-order valence-electron chi connectivity index (χ0n) is 71.2. The number of benzene rings is 4. The largest absolute Gasteiger partial charge is 0.534 e. The Bertz CT molecular complexity index is 5370. The number of fused-ring (bicyclic) bond motifs is 6. The van der Waals surface area contributed by atoms with Gasteiger partial charge in [0.25, 0.3) is 35.4 Å². The van der Waals surface area contributed by atoms with E-state index in [0.29, 0.717) is 40.9 Å². The molecule has 10 unspecified atom stereocenters. The summed E-state index contributed by atoms with van der Waals surface area (Å²) in [5.41, 5.74) is -3.92. The normalized spacial score (nSPS) is 29.7. The van der Waals surface area contributed by atoms with Crippen LogP contribution in [0.1, 0.15) is 241 Å². The molecule has 5 aliphatic heterocycles. The minimum absolute atomic E-state index is 0.0151. The topological polar surface area (TPSA) is 625 Å². The van der Waals surface area contributed by atoms with Gasteiger partial charge in [0.1, 0.15) is 77.2 Å². The van der Waals surface area contributed by atoms with E-state index in [4.69, 9.17) is 53.3 Å². The summed E-state index contributed by atoms with van der Waals surface area (Å²) in [7, 11) is 2.61. The first-order valence-electron chi connectivity index (χ1n) is 42.0. The van der Waals surface area contributed by atoms with Gasteiger partial charge in [-0.25, -0.2) is 19.2 Å². The lowest BCUT2D eigenvalue weighted by Gasteiger charge is -2.42. The van der Waals surface area contributed by atoms with Crippen molar-refractivity contribution in [2.24, 2.45) is 16.6 Å². The number of nitrogens with one attached hydrogen (secondary N) is 1. The highest BCUT2D eigenvalue weighted by Crippen LogP contribution is 2.56. The molecule has 0 bridgehead atoms. The number of alkyl carbamates (subject to hydrolysis) is 1. The maximum absolute atomic E-state index is 14.0. The van der Waals surface area contributed by atoms with Crippen LogP contribution in [0.4, 0.5) is 9.59 Å². The number of ketones is 6. The van der Waals surface area contributed by atoms with E-state index >= 15 is 0 Å². The van der Waals surface area contributed by atoms with Gasteiger partial charge in [-0.05, 0) is 103 Å². The number of nitrogens with zero attached hydrogens (tertiary/aromatic N) is 3. The van der Waals surface area contributed by atoms with Gasteiger partial charge in [-0.3, -0.25) is 62.4 Å². The number of phenols is 4. The van der Waals surface area contributed by atoms with Crippen molar-refractivity contribution in [2.75, 3.05) is 27.4 Å². The SMILES string of the molecule is CC1(C(=O)ON2C(=O)CCC2=O)C/C=C/C(OC(=O)ON2C(=O)CCC2=O)CCC1.COc1cccc2c1C(=O)c1c(O)c3c(c(O)c1C2=O)C[C@@](O)(C(=O)CO)C[C@@H]3OC1CC(N)[C@H](O)C(C)O1.COc1cccc2c1C(=O)c1c(O)c3c(c(O)c1C2=O)C[C@@](O)(C(=O)CO)C[C@@H]3OC1CC(NC(=O)OC2/C=C/CC(C)(C(=O)ON3C(=O)CCC3=O)CCC2)[C@H](O)C(C)O1. The van der Waals surface area contributed by atoms with Crippen LogP contribution in [0.3, 0.4) is 0 Å². The van der Waals surface area contributed by atoms with Crippen LogP contribution in [-0.4, -0.2) is 261 Å². The van der Waals surface area contributed by atoms with E-state index in [1.54, 1.807) is 45.1 Å². The van der Waals surface area contributed by atoms with Gasteiger partial charge >= 0.3 is 24.2 Å². The molecule has 7 amide bonds. The van der Waals surface area contributed by atoms with Crippen molar-refractivity contribution in [3.63, 3.8) is 0 Å². The molecule has 6 aliphatic carbocycles. The molecule has 0 saturated carbocycles. The summed E-state index contributed by atoms with van der Waals surface area (Å²) in [6, 6.07) is 6.83. The van der Waals surface area contributed by atoms with Crippen LogP contribution in [0, 0.1) is 10.8 Å². The Morgan fingerprint density at radius 1 is 0.508 bits per heavy atom. The molecule has 11 aliphatic rings. The number of allylic oxidation sites excluding steroid dienone is 2. The molecule has 16 atom stereocenters. The number of aliphatic hydroxyl groups excluding tert-OH is 4. The number of methoxy groups -OCH3 is 2. The summed E-state index contributed by atoms with van der Waals surface area (Å²) in [5.74, 6) is -12.9. The second-order valence-corrected chi connectivity index (χ2v) is 34.0. The number of hydrogen-bond donors (Lipinski definition) is 12. The van der Waals surface area contributed by atoms with E-state index in [-0.39, 0.29) is 133 Å². The Labute approximate surface area is 738 Å². The van der Waals surface area contributed by atoms with Crippen LogP contribution < -0.4 is 20.5 Å². The molecule has 15 rings (SSSR count). The molecule has 5 saturated heterocycles. The number of aliphatic hydroxyl groups is 6. The Kier molecular flexibility index (Phi) is 27.8. The molecular weight excluding hydrogens is 1720 g/mol. The van der Waals surface area contributed by atoms with Gasteiger partial charge in [0.2, 0.25) is 11.6 Å². The Hall–Kier alpha value is -12.4. The minimum atomic E-state index is -2.39. The second kappa shape index (κ2) is 38.0. The van der Waals surface area contributed by atoms with Crippen molar-refractivity contribution >= 4 is 94.3 Å². The van der Waals surface area contributed by atoms with Gasteiger partial charge in [-0.1, -0.05) is 41.5 Å². The lowest BCUT2D eigenvalue weighted by atomic mass is 9.72. The summed E-state index contributed by atoms with van der Waals surface area (Å²) >= 11 is 0. The number of rotatable bonds is 18. The summed E-state index contributed by atoms with van der Waals surface area (Å²) in [6.07, 6.45) is -6.35. The predicted octanol–water partition coefficient (Wildman–Crippen LogP) is 3.20. The number of Topliss-reactive ketones (excluding diaryl/α,β-unsaturated/α-hetero) is 2. The van der Waals surface area contributed by atoms with Gasteiger partial charge < -0.3 is 110 Å². The third-order valence-corrected chi connectivity index (χ3v) is 25.2. The van der Waals surface area contributed by atoms with Crippen molar-refractivity contribution in [1.29, 1.82) is 0 Å². The maximum Gasteiger partial charge on any atom is 0.534 e. The van der Waals surface area contributed by atoms with Gasteiger partial charge in [0, 0.05) is 116 Å². The number of imide groups is 3. The standard InChI is InChI=1S/C42H46N2O17.C27H29NO11.C19H22N2O9/c1-19-34(49)23(43-40(55)59-20-7-5-13-41(2,14-6-8-20)39(54)61-44-27(47)11-12-28(44)48)15-29(58-19)60-25-17-42(56,26(46)18-45)16-22-31(25)38(53)33-32(36(22)51)35(50)21-9-4-10-24(57-3)30(21)37(33)52;1-10-22(31)13(28)6-17(38-10)39-15-8-27(36,16(30)9-29)7-12-19(15)26(35)21-20(24(12)33)23(32)11-4-3-5-14(37-2)18(11)25(21)34;1-19(17(26)29-20-13(22)6-7-14(20)23)10-2-4-12(5-3-11-19)28-18(27)30-21-15(24)8-9-16(21)25/h4-5,7,9-10,19-20,23,25,29,34,45,49,51,53,56H,6,8,11-18H2,1-3H3,(H,43,55);3-5,10,13,15,17,22,29,31,33,35-36H,6-9,28H2,1-2H3;2,4,12H,3,5-11H2,1H3/b7-5+;;4-2+/t19?,20?,23?,25-,29?,34+,41?,42-;10?,13?,15-,17?,22+,27-;/m00./s1. The minimum Gasteiger partial charge on any atom is -0.507 e. The third kappa shape index (κ3) is 18.5. The van der Waals surface area contributed by atoms with E-state index in [1.165, 1.54) is 57.5 Å². The van der Waals surface area contributed by atoms with Crippen LogP contribution in [-0.2, 0) is 104 Å². The van der Waals surface area contributed by atoms with Crippen LogP contribution in [0.15, 0.2) is 60.7 Å². The summed E-state index contributed by atoms with van der Waals surface area (Å²) in [5, 5.41) is 114. The quantitative estimate of drug-likeness (QED) is 0.0254. The first kappa shape index (κ1) is 95.2. The van der Waals surface area contributed by atoms with Crippen molar-refractivity contribution in [3.05, 3.63) is 127 Å². The van der Waals surface area contributed by atoms with E-state index in [2.05, 4.69) is 10.2 Å². The molecule has 4 aromatic rings. The third-order valence-electron chi connectivity index (χ3n) is 25.2. The van der Waals surface area contributed by atoms with Gasteiger partial charge in [0.15, 0.2) is 35.7 Å². The number of nitrogens with two attached hydrogens (primary N) is 1. The molecule has 0 radical (unpaired) electrons. The molecule has 13 N–H and O–H groups in total. The number of phenolic OH excluding ortho intramolecular Hbond substituents is 4. The summed E-state index contributed by atoms with van der Waals surface area (Å²) in [6.45, 7) is 4.26. The first-order valence-corrected chi connectivity index (χ1v) is 42.0. The van der Waals surface area contributed by atoms with Crippen molar-refractivity contribution in [2.45, 2.75) is 241 Å². The number of carbonyl (C=O) groups excluding carboxylic acids is 16. The molecule has 42 heteroatoms. The monoisotopic (exact) mass is 1820 g/mol. The second-order valence-electron chi connectivity index (χ2n) is 34.0. The number of aromatic hydroxyl groups is 4. The molecule has 130 heavy (non-hydrogen) atoms. The lowest BCUT2D eigenvalue weighted by Crippen LogP contribution is -2.56. The Morgan fingerprint density at radius 2 is 0.885 bits per heavy atom. The number of carbonyl (C=O) groups is 16. The smallest absolute Gasteiger partial charge is 0.507 e. The number of amides is 7. The van der Waals surface area contributed by atoms with Gasteiger partial charge in [0.05, 0.1) is 95.0 Å². The molecular formula is C88H97N5O37. The van der Waals surface area contributed by atoms with E-state index in [9.17, 15) is 128 Å². The maximum atomic E-state index is 14.0. The van der Waals surface area contributed by atoms with Crippen LogP contribution in [0.2, 0.25) is 0 Å². The molecule has 5 fully saturated rings. The Balaban J connectivity index is 0.000000179. The first-order chi connectivity index (χ1) is 61.5. The van der Waals surface area contributed by atoms with Crippen LogP contribution in [0.5, 0.6) is 34.5 Å². The molecule has 0 aromatic heterocycles. The highest BCUT2D eigenvalue weighted by molar-refractivity contribution is 6.32. The van der Waals surface area contributed by atoms with Crippen LogP contribution in [0.25, 0.3) is 0 Å². The molecule has 696 valence electrons. The van der Waals surface area contributed by atoms with Gasteiger partial charge in [-0.2, -0.15) is 0 Å². The molecule has 0 spiro atoms. The molecule has 4 aromatic carbocycles. The van der Waals surface area contributed by atoms with Gasteiger partial charge in [-0.15, -0.1) is 10.1 Å². The Morgan fingerprint density at radius 3 is 1.28 bits per heavy atom. The van der Waals surface area contributed by atoms with Crippen molar-refractivity contribution in [1.82, 2.24) is 20.5 Å². The highest BCUT2D eigenvalue weighted by atomic mass is 16.8. The summed E-state index contributed by atoms with van der Waals surface area (Å²) < 4.78 is 45.3. The van der Waals surface area contributed by atoms with Crippen LogP contribution >= 0.6 is 0 Å². The van der Waals surface area contributed by atoms with E-state index in [1.807, 2.05) is 0 Å². The predicted molar refractivity (Wildman–Crippen MR) is 431 cm³/mol. The number of ether oxygens (including phenoxy) is 8. The van der Waals surface area contributed by atoms with Crippen molar-refractivity contribution < 1.29 is 180 Å². The zero-order chi connectivity index (χ0) is 94.4.